The molecule has 0 spiro atoms. The van der Waals surface area contributed by atoms with Gasteiger partial charge in [-0.05, 0) is 30.3 Å². The van der Waals surface area contributed by atoms with E-state index in [1.54, 1.807) is 0 Å². The maximum atomic E-state index is 12.1. The smallest absolute Gasteiger partial charge is 0.264 e. The highest BCUT2D eigenvalue weighted by Crippen LogP contribution is 2.18. The lowest BCUT2D eigenvalue weighted by atomic mass is 9.99. The molecule has 3 heterocycles. The zero-order chi connectivity index (χ0) is 13.9. The predicted octanol–water partition coefficient (Wildman–Crippen LogP) is 1.29. The van der Waals surface area contributed by atoms with Crippen molar-refractivity contribution in [2.75, 3.05) is 6.54 Å². The summed E-state index contributed by atoms with van der Waals surface area (Å²) < 4.78 is 6.02. The molecule has 1 atom stereocenters. The van der Waals surface area contributed by atoms with Crippen LogP contribution in [0.15, 0.2) is 12.4 Å². The third kappa shape index (κ3) is 2.58. The number of nitrogens with zero attached hydrogens (tertiary/aromatic N) is 4. The van der Waals surface area contributed by atoms with Crippen LogP contribution >= 0.6 is 11.5 Å². The summed E-state index contributed by atoms with van der Waals surface area (Å²) in [7, 11) is 0. The van der Waals surface area contributed by atoms with Gasteiger partial charge in [0.05, 0.1) is 5.69 Å². The van der Waals surface area contributed by atoms with E-state index >= 15 is 0 Å². The van der Waals surface area contributed by atoms with Crippen LogP contribution in [0.3, 0.4) is 0 Å². The summed E-state index contributed by atoms with van der Waals surface area (Å²) in [6, 6.07) is 0. The van der Waals surface area contributed by atoms with Crippen LogP contribution in [0.4, 0.5) is 0 Å². The van der Waals surface area contributed by atoms with Crippen LogP contribution in [-0.4, -0.2) is 31.6 Å². The molecular weight excluding hydrogens is 274 g/mol. The van der Waals surface area contributed by atoms with Crippen LogP contribution in [0.2, 0.25) is 0 Å². The first-order chi connectivity index (χ1) is 9.78. The molecule has 106 valence electrons. The number of hydrogen-bond acceptors (Lipinski definition) is 5. The molecule has 1 aliphatic heterocycles. The van der Waals surface area contributed by atoms with E-state index in [1.165, 1.54) is 11.5 Å². The van der Waals surface area contributed by atoms with E-state index in [-0.39, 0.29) is 5.91 Å². The van der Waals surface area contributed by atoms with E-state index in [0.717, 1.165) is 37.3 Å². The van der Waals surface area contributed by atoms with Gasteiger partial charge < -0.3 is 9.88 Å². The van der Waals surface area contributed by atoms with Gasteiger partial charge in [0.15, 0.2) is 0 Å². The Hall–Kier alpha value is -1.76. The summed E-state index contributed by atoms with van der Waals surface area (Å²) in [5.41, 5.74) is 0.785. The molecule has 0 unspecified atom stereocenters. The van der Waals surface area contributed by atoms with Crippen molar-refractivity contribution < 1.29 is 4.79 Å². The highest BCUT2D eigenvalue weighted by molar-refractivity contribution is 7.08. The topological polar surface area (TPSA) is 72.7 Å². The number of carbonyl (C=O) groups is 1. The molecule has 0 fully saturated rings. The molecule has 7 heteroatoms. The monoisotopic (exact) mass is 291 g/mol. The number of carbonyl (C=O) groups excluding carboxylic acids is 1. The Morgan fingerprint density at radius 3 is 3.35 bits per heavy atom. The van der Waals surface area contributed by atoms with Crippen molar-refractivity contribution in [1.29, 1.82) is 0 Å². The second-order valence-corrected chi connectivity index (χ2v) is 5.77. The molecular formula is C13H17N5OS. The van der Waals surface area contributed by atoms with Gasteiger partial charge in [-0.3, -0.25) is 4.79 Å². The van der Waals surface area contributed by atoms with Crippen LogP contribution in [0.25, 0.3) is 0 Å². The molecule has 0 radical (unpaired) electrons. The van der Waals surface area contributed by atoms with Gasteiger partial charge in [0.1, 0.15) is 10.7 Å². The van der Waals surface area contributed by atoms with Gasteiger partial charge in [-0.1, -0.05) is 11.4 Å². The number of imidazole rings is 1. The quantitative estimate of drug-likeness (QED) is 0.921. The van der Waals surface area contributed by atoms with Crippen molar-refractivity contribution in [2.45, 2.75) is 32.7 Å². The highest BCUT2D eigenvalue weighted by atomic mass is 32.1. The second-order valence-electron chi connectivity index (χ2n) is 5.01. The summed E-state index contributed by atoms with van der Waals surface area (Å²) >= 11 is 1.17. The Morgan fingerprint density at radius 1 is 1.60 bits per heavy atom. The summed E-state index contributed by atoms with van der Waals surface area (Å²) in [4.78, 5) is 17.1. The van der Waals surface area contributed by atoms with E-state index in [2.05, 4.69) is 24.5 Å². The highest BCUT2D eigenvalue weighted by Gasteiger charge is 2.21. The van der Waals surface area contributed by atoms with Crippen LogP contribution in [0.5, 0.6) is 0 Å². The molecule has 0 saturated carbocycles. The summed E-state index contributed by atoms with van der Waals surface area (Å²) in [6.45, 7) is 3.60. The number of aryl methyl sites for hydroxylation is 2. The number of fused-ring (bicyclic) bond motifs is 1. The van der Waals surface area contributed by atoms with Gasteiger partial charge in [0, 0.05) is 31.9 Å². The summed E-state index contributed by atoms with van der Waals surface area (Å²) in [5.74, 6) is 1.56. The van der Waals surface area contributed by atoms with Crippen molar-refractivity contribution in [3.63, 3.8) is 0 Å². The lowest BCUT2D eigenvalue weighted by Crippen LogP contribution is -2.33. The van der Waals surface area contributed by atoms with E-state index in [0.29, 0.717) is 17.3 Å². The first-order valence-corrected chi connectivity index (χ1v) is 7.64. The van der Waals surface area contributed by atoms with Gasteiger partial charge in [0.25, 0.3) is 5.91 Å². The van der Waals surface area contributed by atoms with Gasteiger partial charge in [0.2, 0.25) is 0 Å². The fourth-order valence-corrected chi connectivity index (χ4v) is 3.20. The molecule has 0 aliphatic carbocycles. The Labute approximate surface area is 121 Å². The minimum absolute atomic E-state index is 0.0479. The average Bonchev–Trinajstić information content (AvgIpc) is 3.12. The molecule has 20 heavy (non-hydrogen) atoms. The third-order valence-corrected chi connectivity index (χ3v) is 4.45. The largest absolute Gasteiger partial charge is 0.351 e. The third-order valence-electron chi connectivity index (χ3n) is 3.68. The van der Waals surface area contributed by atoms with E-state index < -0.39 is 0 Å². The molecule has 6 nitrogen and oxygen atoms in total. The second kappa shape index (κ2) is 5.70. The molecule has 0 saturated heterocycles. The van der Waals surface area contributed by atoms with Crippen molar-refractivity contribution in [2.24, 2.45) is 5.92 Å². The van der Waals surface area contributed by atoms with Crippen LogP contribution < -0.4 is 5.32 Å². The first kappa shape index (κ1) is 13.2. The Morgan fingerprint density at radius 2 is 2.50 bits per heavy atom. The number of aromatic nitrogens is 4. The van der Waals surface area contributed by atoms with Gasteiger partial charge >= 0.3 is 0 Å². The van der Waals surface area contributed by atoms with Crippen molar-refractivity contribution in [3.05, 3.63) is 28.8 Å². The zero-order valence-electron chi connectivity index (χ0n) is 11.4. The number of hydrogen-bond donors (Lipinski definition) is 1. The molecule has 0 aromatic carbocycles. The standard InChI is InChI=1S/C13H17N5OS/c1-2-10-12(20-17-16-10)13(19)15-7-9-3-4-11-14-5-6-18(11)8-9/h5-6,9H,2-4,7-8H2,1H3,(H,15,19)/t9-/m0/s1. The molecule has 1 N–H and O–H groups in total. The van der Waals surface area contributed by atoms with E-state index in [4.69, 9.17) is 0 Å². The molecule has 0 bridgehead atoms. The minimum atomic E-state index is -0.0479. The van der Waals surface area contributed by atoms with Gasteiger partial charge in [-0.2, -0.15) is 0 Å². The van der Waals surface area contributed by atoms with Gasteiger partial charge in [-0.25, -0.2) is 4.98 Å². The first-order valence-electron chi connectivity index (χ1n) is 6.87. The van der Waals surface area contributed by atoms with Crippen molar-refractivity contribution >= 4 is 17.4 Å². The fourth-order valence-electron chi connectivity index (χ4n) is 2.53. The average molecular weight is 291 g/mol. The normalized spacial score (nSPS) is 17.8. The number of amides is 1. The Balaban J connectivity index is 1.57. The minimum Gasteiger partial charge on any atom is -0.351 e. The molecule has 1 aliphatic rings. The summed E-state index contributed by atoms with van der Waals surface area (Å²) in [6.07, 6.45) is 6.63. The maximum absolute atomic E-state index is 12.1. The zero-order valence-corrected chi connectivity index (χ0v) is 12.2. The molecule has 3 rings (SSSR count). The van der Waals surface area contributed by atoms with Crippen molar-refractivity contribution in [3.8, 4) is 0 Å². The Bertz CT molecular complexity index is 605. The number of rotatable bonds is 4. The Kier molecular flexibility index (Phi) is 3.77. The van der Waals surface area contributed by atoms with Crippen LogP contribution in [0.1, 0.15) is 34.5 Å². The molecule has 2 aromatic rings. The van der Waals surface area contributed by atoms with Crippen LogP contribution in [0, 0.1) is 5.92 Å². The lowest BCUT2D eigenvalue weighted by molar-refractivity contribution is 0.0946. The van der Waals surface area contributed by atoms with E-state index in [9.17, 15) is 4.79 Å². The lowest BCUT2D eigenvalue weighted by Gasteiger charge is -2.23. The van der Waals surface area contributed by atoms with Crippen LogP contribution in [-0.2, 0) is 19.4 Å². The summed E-state index contributed by atoms with van der Waals surface area (Å²) in [5, 5.41) is 6.98. The number of nitrogens with one attached hydrogen (secondary N) is 1. The van der Waals surface area contributed by atoms with Gasteiger partial charge in [-0.15, -0.1) is 5.10 Å². The predicted molar refractivity (Wildman–Crippen MR) is 75.7 cm³/mol. The van der Waals surface area contributed by atoms with Crippen molar-refractivity contribution in [1.82, 2.24) is 24.5 Å². The SMILES string of the molecule is CCc1nnsc1C(=O)NC[C@@H]1CCc2nccn2C1. The fraction of sp³-hybridized carbons (Fsp3) is 0.538. The maximum Gasteiger partial charge on any atom is 0.264 e. The molecule has 2 aromatic heterocycles. The molecule has 1 amide bonds. The van der Waals surface area contributed by atoms with E-state index in [1.807, 2.05) is 19.3 Å².